The number of amides is 2. The zero-order valence-electron chi connectivity index (χ0n) is 43.5. The van der Waals surface area contributed by atoms with E-state index in [1.165, 1.54) is 6.92 Å². The number of ether oxygens (including phenoxy) is 13. The highest BCUT2D eigenvalue weighted by Gasteiger charge is 2.59. The van der Waals surface area contributed by atoms with Crippen LogP contribution in [0.1, 0.15) is 20.8 Å². The smallest absolute Gasteiger partial charge is 0.217 e. The Morgan fingerprint density at radius 2 is 0.840 bits per heavy atom. The summed E-state index contributed by atoms with van der Waals surface area (Å²) in [4.78, 5) is 25.5. The van der Waals surface area contributed by atoms with E-state index in [4.69, 9.17) is 61.6 Å². The maximum absolute atomic E-state index is 13.0. The first-order chi connectivity index (χ1) is 38.3. The van der Waals surface area contributed by atoms with Crippen LogP contribution in [0.4, 0.5) is 0 Å². The highest BCUT2D eigenvalue weighted by Crippen LogP contribution is 2.38. The summed E-state index contributed by atoms with van der Waals surface area (Å²) < 4.78 is 76.4. The summed E-state index contributed by atoms with van der Waals surface area (Å²) in [5.41, 5.74) is 0. The first kappa shape index (κ1) is 66.2. The summed E-state index contributed by atoms with van der Waals surface area (Å²) in [5, 5.41) is 210. The number of hydrogen-bond donors (Lipinski definition) is 21. The number of hydrogen-bond acceptors (Lipinski definition) is 34. The molecule has 0 unspecified atom stereocenters. The predicted octanol–water partition coefficient (Wildman–Crippen LogP) is -14.3. The van der Waals surface area contributed by atoms with Gasteiger partial charge in [-0.3, -0.25) is 9.59 Å². The Bertz CT molecular complexity index is 1990. The van der Waals surface area contributed by atoms with Gasteiger partial charge in [0.1, 0.15) is 159 Å². The molecule has 0 spiro atoms. The maximum Gasteiger partial charge on any atom is 0.217 e. The summed E-state index contributed by atoms with van der Waals surface area (Å²) in [5.74, 6) is -1.70. The third-order valence-corrected chi connectivity index (χ3v) is 14.9. The monoisotopic (exact) mass is 1190 g/mol. The molecular formula is C45H76N2O34. The number of nitrogens with one attached hydrogen (secondary N) is 2. The van der Waals surface area contributed by atoms with Crippen LogP contribution in [0.15, 0.2) is 0 Å². The fourth-order valence-corrected chi connectivity index (χ4v) is 10.3. The van der Waals surface area contributed by atoms with Crippen LogP contribution in [0.2, 0.25) is 0 Å². The zero-order chi connectivity index (χ0) is 59.6. The molecule has 36 heteroatoms. The average molecular weight is 1190 g/mol. The number of aliphatic hydroxyl groups excluding tert-OH is 19. The van der Waals surface area contributed by atoms with Crippen molar-refractivity contribution in [3.63, 3.8) is 0 Å². The maximum atomic E-state index is 13.0. The summed E-state index contributed by atoms with van der Waals surface area (Å²) in [6, 6.07) is -3.57. The minimum Gasteiger partial charge on any atom is -0.394 e. The molecule has 7 aliphatic rings. The molecule has 7 fully saturated rings. The molecule has 470 valence electrons. The van der Waals surface area contributed by atoms with E-state index in [9.17, 15) is 107 Å². The van der Waals surface area contributed by atoms with Crippen molar-refractivity contribution in [3.8, 4) is 0 Å². The van der Waals surface area contributed by atoms with E-state index >= 15 is 0 Å². The molecule has 0 radical (unpaired) electrons. The second-order valence-electron chi connectivity index (χ2n) is 20.6. The molecule has 0 aromatic heterocycles. The van der Waals surface area contributed by atoms with Crippen LogP contribution in [-0.4, -0.2) is 357 Å². The molecule has 0 aliphatic carbocycles. The van der Waals surface area contributed by atoms with Gasteiger partial charge in [-0.05, 0) is 6.92 Å². The van der Waals surface area contributed by atoms with Crippen LogP contribution in [0.5, 0.6) is 0 Å². The van der Waals surface area contributed by atoms with Gasteiger partial charge in [0.05, 0.1) is 45.7 Å². The van der Waals surface area contributed by atoms with Crippen molar-refractivity contribution in [1.29, 1.82) is 0 Å². The van der Waals surface area contributed by atoms with Gasteiger partial charge in [0.25, 0.3) is 0 Å². The van der Waals surface area contributed by atoms with Gasteiger partial charge in [0.2, 0.25) is 11.8 Å². The fourth-order valence-electron chi connectivity index (χ4n) is 10.3. The van der Waals surface area contributed by atoms with Gasteiger partial charge >= 0.3 is 0 Å². The van der Waals surface area contributed by atoms with E-state index in [-0.39, 0.29) is 0 Å². The third kappa shape index (κ3) is 14.4. The van der Waals surface area contributed by atoms with Gasteiger partial charge in [-0.1, -0.05) is 0 Å². The first-order valence-electron chi connectivity index (χ1n) is 25.9. The molecule has 0 saturated carbocycles. The van der Waals surface area contributed by atoms with Gasteiger partial charge in [-0.25, -0.2) is 0 Å². The van der Waals surface area contributed by atoms with E-state index in [0.29, 0.717) is 0 Å². The van der Waals surface area contributed by atoms with Crippen molar-refractivity contribution in [3.05, 3.63) is 0 Å². The summed E-state index contributed by atoms with van der Waals surface area (Å²) in [7, 11) is 0. The van der Waals surface area contributed by atoms with Crippen molar-refractivity contribution in [2.24, 2.45) is 0 Å². The first-order valence-corrected chi connectivity index (χ1v) is 25.9. The average Bonchev–Trinajstić information content (AvgIpc) is 3.63. The van der Waals surface area contributed by atoms with Crippen LogP contribution in [0.3, 0.4) is 0 Å². The molecule has 0 aromatic rings. The van der Waals surface area contributed by atoms with Crippen molar-refractivity contribution in [1.82, 2.24) is 10.6 Å². The van der Waals surface area contributed by atoms with Gasteiger partial charge in [0, 0.05) is 13.8 Å². The number of aliphatic hydroxyl groups is 19. The third-order valence-electron chi connectivity index (χ3n) is 14.9. The van der Waals surface area contributed by atoms with Gasteiger partial charge < -0.3 is 169 Å². The molecule has 81 heavy (non-hydrogen) atoms. The standard InChI is InChI=1S/C45H76N2O34/c1-10-21(55)27(61)32(66)43(71-10)79-36-20(47-12(3)53)39(68)72-17(7-51)35(36)78-40-19(46-11(2)52)26(60)34(16(6-50)75-40)77-45-38(81-42-30(64)22(56)13(54)8-69-42)37(80-44-33(67)29(63)24(58)15(5-49)74-44)25(59)18(76-45)9-70-41-31(65)28(62)23(57)14(4-48)73-41/h10,13-45,48-51,54-68H,4-9H2,1-3H3,(H,46,52)(H,47,53)/t10-,13+,14-,15+,16-,17-,18+,19-,20-,21+,22-,23-,24+,25+,26-,27+,28+,29-,30+,31+,32-,33-,34-,35-,36-,37-,38-,39-,40+,41+,42-,43-,44+,45-/m1/s1. The van der Waals surface area contributed by atoms with Gasteiger partial charge in [-0.15, -0.1) is 0 Å². The second kappa shape index (κ2) is 28.4. The number of rotatable bonds is 19. The summed E-state index contributed by atoms with van der Waals surface area (Å²) in [6.45, 7) is -2.40. The number of carbonyl (C=O) groups is 2. The Labute approximate surface area is 459 Å². The molecule has 0 bridgehead atoms. The Hall–Kier alpha value is -2.34. The van der Waals surface area contributed by atoms with Crippen molar-refractivity contribution in [2.75, 3.05) is 39.6 Å². The molecule has 7 aliphatic heterocycles. The lowest BCUT2D eigenvalue weighted by atomic mass is 9.93. The molecule has 34 atom stereocenters. The molecule has 7 saturated heterocycles. The Morgan fingerprint density at radius 1 is 0.395 bits per heavy atom. The van der Waals surface area contributed by atoms with Crippen LogP contribution in [0.25, 0.3) is 0 Å². The minimum atomic E-state index is -2.26. The summed E-state index contributed by atoms with van der Waals surface area (Å²) >= 11 is 0. The lowest BCUT2D eigenvalue weighted by molar-refractivity contribution is -0.405. The highest BCUT2D eigenvalue weighted by atomic mass is 16.8. The Balaban J connectivity index is 1.25. The van der Waals surface area contributed by atoms with Crippen molar-refractivity contribution < 1.29 is 168 Å². The highest BCUT2D eigenvalue weighted by molar-refractivity contribution is 5.73. The van der Waals surface area contributed by atoms with E-state index in [1.54, 1.807) is 0 Å². The number of carbonyl (C=O) groups excluding carboxylic acids is 2. The Morgan fingerprint density at radius 3 is 1.42 bits per heavy atom. The summed E-state index contributed by atoms with van der Waals surface area (Å²) in [6.07, 6.45) is -61.9. The van der Waals surface area contributed by atoms with E-state index in [2.05, 4.69) is 10.6 Å². The molecule has 7 heterocycles. The molecule has 2 amide bonds. The van der Waals surface area contributed by atoms with Crippen LogP contribution in [-0.2, 0) is 71.2 Å². The lowest BCUT2D eigenvalue weighted by Crippen LogP contribution is -2.71. The zero-order valence-corrected chi connectivity index (χ0v) is 43.5. The SMILES string of the molecule is CC(=O)N[C@@H]1[C@@H](O[C@H]2O[C@H](C)[C@H](O)[C@H](O)[C@H]2O)[C@H](O[C@@H]2O[C@H](CO)[C@@H](O[C@H]3O[C@@H](CO[C@H]4O[C@H](CO)[C@@H](O)[C@H](O)[C@@H]4O)[C@H](O)[C@@H](O[C@@H]4O[C@@H](CO)[C@H](O)[C@@H](O)[C@H]4O)[C@H]3O[C@H]3OC[C@H](O)[C@@H](O)[C@@H]3O)[C@H](O)[C@H]2NC(C)=O)[C@@H](CO)O[C@H]1O. The molecule has 21 N–H and O–H groups in total. The second-order valence-corrected chi connectivity index (χ2v) is 20.6. The van der Waals surface area contributed by atoms with Gasteiger partial charge in [0.15, 0.2) is 44.0 Å². The normalized spacial score (nSPS) is 50.8. The van der Waals surface area contributed by atoms with Crippen LogP contribution < -0.4 is 10.6 Å². The van der Waals surface area contributed by atoms with E-state index < -0.39 is 260 Å². The lowest BCUT2D eigenvalue weighted by Gasteiger charge is -2.52. The fraction of sp³-hybridized carbons (Fsp3) is 0.956. The minimum absolute atomic E-state index is 0.710. The molecular weight excluding hydrogens is 1110 g/mol. The van der Waals surface area contributed by atoms with Crippen molar-refractivity contribution in [2.45, 2.75) is 229 Å². The molecule has 0 aromatic carbocycles. The quantitative estimate of drug-likeness (QED) is 0.0571. The van der Waals surface area contributed by atoms with Crippen LogP contribution >= 0.6 is 0 Å². The molecule has 7 rings (SSSR count). The predicted molar refractivity (Wildman–Crippen MR) is 248 cm³/mol. The van der Waals surface area contributed by atoms with Gasteiger partial charge in [-0.2, -0.15) is 0 Å². The Kier molecular flexibility index (Phi) is 23.2. The topological polar surface area (TPSA) is 563 Å². The van der Waals surface area contributed by atoms with Crippen LogP contribution in [0, 0.1) is 0 Å². The largest absolute Gasteiger partial charge is 0.394 e. The van der Waals surface area contributed by atoms with E-state index in [1.807, 2.05) is 0 Å². The van der Waals surface area contributed by atoms with Crippen molar-refractivity contribution >= 4 is 11.8 Å². The van der Waals surface area contributed by atoms with E-state index in [0.717, 1.165) is 13.8 Å². The molecule has 36 nitrogen and oxygen atoms in total.